The van der Waals surface area contributed by atoms with Gasteiger partial charge in [0.2, 0.25) is 0 Å². The number of hydrogen-bond donors (Lipinski definition) is 2. The fourth-order valence-electron chi connectivity index (χ4n) is 5.16. The first-order valence-electron chi connectivity index (χ1n) is 11.7. The lowest BCUT2D eigenvalue weighted by molar-refractivity contribution is 0.0528. The molecule has 1 aliphatic heterocycles. The molecule has 10 heteroatoms. The number of imidazole rings is 1. The van der Waals surface area contributed by atoms with E-state index in [9.17, 15) is 5.11 Å². The topological polar surface area (TPSA) is 98.1 Å². The Morgan fingerprint density at radius 3 is 2.94 bits per heavy atom. The van der Waals surface area contributed by atoms with E-state index >= 15 is 4.39 Å². The average molecular weight is 498 g/mol. The van der Waals surface area contributed by atoms with E-state index in [-0.39, 0.29) is 30.5 Å². The molecule has 0 spiro atoms. The highest BCUT2D eigenvalue weighted by Gasteiger charge is 2.29. The number of aromatic nitrogens is 5. The quantitative estimate of drug-likeness (QED) is 0.418. The summed E-state index contributed by atoms with van der Waals surface area (Å²) in [4.78, 5) is 12.2. The van der Waals surface area contributed by atoms with Crippen molar-refractivity contribution in [2.45, 2.75) is 43.8 Å². The van der Waals surface area contributed by atoms with Gasteiger partial charge in [0, 0.05) is 25.2 Å². The number of nitrogens with zero attached hydrogens (tertiary/aromatic N) is 4. The van der Waals surface area contributed by atoms with Crippen LogP contribution in [0.1, 0.15) is 35.6 Å². The number of hydrogen-bond acceptors (Lipinski definition) is 6. The van der Waals surface area contributed by atoms with Crippen LogP contribution < -0.4 is 4.74 Å². The maximum absolute atomic E-state index is 15.3. The fourth-order valence-corrected chi connectivity index (χ4v) is 5.39. The molecule has 2 aliphatic rings. The van der Waals surface area contributed by atoms with Crippen molar-refractivity contribution >= 4 is 22.8 Å². The average Bonchev–Trinajstić information content (AvgIpc) is 3.61. The fraction of sp³-hybridized carbons (Fsp3) is 0.400. The van der Waals surface area contributed by atoms with Gasteiger partial charge in [-0.2, -0.15) is 10.1 Å². The van der Waals surface area contributed by atoms with Crippen LogP contribution in [0.2, 0.25) is 5.02 Å². The van der Waals surface area contributed by atoms with Crippen molar-refractivity contribution in [3.05, 3.63) is 58.3 Å². The summed E-state index contributed by atoms with van der Waals surface area (Å²) in [6, 6.07) is 5.79. The lowest BCUT2D eigenvalue weighted by Crippen LogP contribution is -2.17. The van der Waals surface area contributed by atoms with Crippen LogP contribution in [0.4, 0.5) is 4.39 Å². The first-order valence-corrected chi connectivity index (χ1v) is 12.1. The predicted molar refractivity (Wildman–Crippen MR) is 128 cm³/mol. The van der Waals surface area contributed by atoms with Crippen LogP contribution in [-0.4, -0.2) is 55.3 Å². The molecule has 3 atom stereocenters. The minimum atomic E-state index is -0.210. The summed E-state index contributed by atoms with van der Waals surface area (Å²) >= 11 is 6.57. The number of aryl methyl sites for hydroxylation is 2. The van der Waals surface area contributed by atoms with Crippen LogP contribution in [0.25, 0.3) is 22.3 Å². The standard InChI is InChI=1S/C25H25ClFN5O3/c1-32-10-16(9-28-32)15-4-13-2-3-14(23(13)20(27)5-15)6-21-19(26)8-22-24(29-21)31-25(30-22)35-18-7-17(11-33)34-12-18/h4-5,8-10,14,17-18,33H,2-3,6-7,11-12H2,1H3,(H,29,30,31)/t14?,17-,18-/m0/s1. The van der Waals surface area contributed by atoms with E-state index in [1.807, 2.05) is 13.2 Å². The molecule has 182 valence electrons. The van der Waals surface area contributed by atoms with Gasteiger partial charge in [0.25, 0.3) is 6.01 Å². The van der Waals surface area contributed by atoms with Gasteiger partial charge in [0.15, 0.2) is 5.65 Å². The number of aliphatic hydroxyl groups is 1. The molecule has 0 saturated carbocycles. The summed E-state index contributed by atoms with van der Waals surface area (Å²) in [5, 5.41) is 13.9. The van der Waals surface area contributed by atoms with Crippen molar-refractivity contribution < 1.29 is 19.0 Å². The Kier molecular flexibility index (Phi) is 5.70. The minimum absolute atomic E-state index is 0.00360. The number of nitrogens with one attached hydrogen (secondary N) is 1. The van der Waals surface area contributed by atoms with E-state index in [4.69, 9.17) is 21.1 Å². The molecule has 35 heavy (non-hydrogen) atoms. The summed E-state index contributed by atoms with van der Waals surface area (Å²) in [5.74, 6) is -0.201. The lowest BCUT2D eigenvalue weighted by Gasteiger charge is -2.14. The summed E-state index contributed by atoms with van der Waals surface area (Å²) in [6.07, 6.45) is 6.02. The number of aliphatic hydroxyl groups excluding tert-OH is 1. The Morgan fingerprint density at radius 2 is 2.17 bits per heavy atom. The van der Waals surface area contributed by atoms with Gasteiger partial charge >= 0.3 is 0 Å². The van der Waals surface area contributed by atoms with Gasteiger partial charge in [0.1, 0.15) is 11.9 Å². The van der Waals surface area contributed by atoms with Gasteiger partial charge in [-0.15, -0.1) is 0 Å². The van der Waals surface area contributed by atoms with E-state index in [0.29, 0.717) is 47.3 Å². The third-order valence-corrected chi connectivity index (χ3v) is 7.19. The molecule has 1 aromatic carbocycles. The number of halogens is 2. The first kappa shape index (κ1) is 22.5. The molecule has 0 bridgehead atoms. The molecule has 3 aromatic heterocycles. The van der Waals surface area contributed by atoms with Crippen molar-refractivity contribution in [1.82, 2.24) is 24.7 Å². The molecule has 0 radical (unpaired) electrons. The zero-order valence-corrected chi connectivity index (χ0v) is 19.9. The van der Waals surface area contributed by atoms with Crippen LogP contribution >= 0.6 is 11.6 Å². The van der Waals surface area contributed by atoms with Gasteiger partial charge in [-0.3, -0.25) is 4.68 Å². The second-order valence-electron chi connectivity index (χ2n) is 9.32. The maximum atomic E-state index is 15.3. The molecule has 1 aliphatic carbocycles. The maximum Gasteiger partial charge on any atom is 0.296 e. The Morgan fingerprint density at radius 1 is 1.29 bits per heavy atom. The van der Waals surface area contributed by atoms with E-state index in [1.165, 1.54) is 0 Å². The van der Waals surface area contributed by atoms with Gasteiger partial charge in [0.05, 0.1) is 41.7 Å². The molecule has 8 nitrogen and oxygen atoms in total. The lowest BCUT2D eigenvalue weighted by atomic mass is 9.93. The highest BCUT2D eigenvalue weighted by Crippen LogP contribution is 2.40. The molecule has 4 aromatic rings. The van der Waals surface area contributed by atoms with Gasteiger partial charge in [-0.25, -0.2) is 9.37 Å². The van der Waals surface area contributed by atoms with Crippen molar-refractivity contribution in [2.24, 2.45) is 7.05 Å². The number of benzene rings is 1. The van der Waals surface area contributed by atoms with E-state index in [2.05, 4.69) is 26.1 Å². The molecule has 2 N–H and O–H groups in total. The van der Waals surface area contributed by atoms with Crippen LogP contribution in [0.15, 0.2) is 30.6 Å². The second-order valence-corrected chi connectivity index (χ2v) is 9.72. The van der Waals surface area contributed by atoms with Crippen molar-refractivity contribution in [3.8, 4) is 17.1 Å². The molecule has 1 saturated heterocycles. The van der Waals surface area contributed by atoms with E-state index < -0.39 is 0 Å². The molecule has 0 amide bonds. The van der Waals surface area contributed by atoms with Crippen molar-refractivity contribution in [3.63, 3.8) is 0 Å². The first-order chi connectivity index (χ1) is 17.0. The number of ether oxygens (including phenoxy) is 2. The summed E-state index contributed by atoms with van der Waals surface area (Å²) in [6.45, 7) is 0.368. The highest BCUT2D eigenvalue weighted by molar-refractivity contribution is 6.31. The Balaban J connectivity index is 1.23. The largest absolute Gasteiger partial charge is 0.459 e. The second kappa shape index (κ2) is 8.89. The zero-order valence-electron chi connectivity index (χ0n) is 19.2. The summed E-state index contributed by atoms with van der Waals surface area (Å²) in [5.41, 5.74) is 5.39. The third kappa shape index (κ3) is 4.28. The number of fused-ring (bicyclic) bond motifs is 2. The van der Waals surface area contributed by atoms with E-state index in [1.54, 1.807) is 23.0 Å². The zero-order chi connectivity index (χ0) is 24.1. The van der Waals surface area contributed by atoms with Crippen molar-refractivity contribution in [1.29, 1.82) is 0 Å². The molecule has 6 rings (SSSR count). The van der Waals surface area contributed by atoms with Crippen molar-refractivity contribution in [2.75, 3.05) is 13.2 Å². The normalized spacial score (nSPS) is 21.7. The highest BCUT2D eigenvalue weighted by atomic mass is 35.5. The van der Waals surface area contributed by atoms with Crippen LogP contribution in [0.3, 0.4) is 0 Å². The Labute approximate surface area is 206 Å². The smallest absolute Gasteiger partial charge is 0.296 e. The molecule has 1 fully saturated rings. The predicted octanol–water partition coefficient (Wildman–Crippen LogP) is 3.95. The third-order valence-electron chi connectivity index (χ3n) is 6.87. The molecular weight excluding hydrogens is 473 g/mol. The number of pyridine rings is 1. The SMILES string of the molecule is Cn1cc(-c2cc(F)c3c(c2)CCC3Cc2nc3nc(O[C@@H]4CO[C@H](CO)C4)[nH]c3cc2Cl)cn1. The van der Waals surface area contributed by atoms with E-state index in [0.717, 1.165) is 35.1 Å². The summed E-state index contributed by atoms with van der Waals surface area (Å²) in [7, 11) is 1.85. The van der Waals surface area contributed by atoms with Gasteiger partial charge < -0.3 is 19.6 Å². The van der Waals surface area contributed by atoms with Gasteiger partial charge in [-0.05, 0) is 54.0 Å². The van der Waals surface area contributed by atoms with Crippen LogP contribution in [0, 0.1) is 5.82 Å². The summed E-state index contributed by atoms with van der Waals surface area (Å²) < 4.78 is 28.3. The molecule has 4 heterocycles. The van der Waals surface area contributed by atoms with Gasteiger partial charge in [-0.1, -0.05) is 17.7 Å². The van der Waals surface area contributed by atoms with Crippen LogP contribution in [0.5, 0.6) is 6.01 Å². The minimum Gasteiger partial charge on any atom is -0.459 e. The Hall–Kier alpha value is -3.01. The monoisotopic (exact) mass is 497 g/mol. The number of rotatable bonds is 6. The number of aromatic amines is 1. The molecule has 1 unspecified atom stereocenters. The van der Waals surface area contributed by atoms with Crippen LogP contribution in [-0.2, 0) is 24.6 Å². The molecular formula is C25H25ClFN5O3. The Bertz CT molecular complexity index is 1400. The number of H-pyrrole nitrogens is 1.